The summed E-state index contributed by atoms with van der Waals surface area (Å²) < 4.78 is 0. The Morgan fingerprint density at radius 2 is 2.08 bits per heavy atom. The van der Waals surface area contributed by atoms with Crippen LogP contribution in [0.1, 0.15) is 0 Å². The molecule has 0 spiro atoms. The molecule has 1 heterocycles. The van der Waals surface area contributed by atoms with Crippen molar-refractivity contribution in [2.45, 2.75) is 0 Å². The lowest BCUT2D eigenvalue weighted by Gasteiger charge is -2.05. The first-order valence-corrected chi connectivity index (χ1v) is 4.19. The van der Waals surface area contributed by atoms with E-state index in [4.69, 9.17) is 19.6 Å². The molecule has 1 N–H and O–H groups in total. The van der Waals surface area contributed by atoms with E-state index in [1.807, 2.05) is 18.2 Å². The highest BCUT2D eigenvalue weighted by Gasteiger charge is 2.00. The number of nitrogens with one attached hydrogen (secondary N) is 1. The summed E-state index contributed by atoms with van der Waals surface area (Å²) in [6.45, 7) is 0. The van der Waals surface area contributed by atoms with Gasteiger partial charge in [-0.3, -0.25) is 9.82 Å². The van der Waals surface area contributed by atoms with E-state index in [2.05, 4.69) is 9.82 Å². The van der Waals surface area contributed by atoms with Crippen molar-refractivity contribution < 1.29 is 0 Å². The van der Waals surface area contributed by atoms with Crippen LogP contribution in [0.4, 0.5) is 5.69 Å². The van der Waals surface area contributed by atoms with Crippen molar-refractivity contribution >= 4 is 41.5 Å². The Labute approximate surface area is 82.4 Å². The van der Waals surface area contributed by atoms with Crippen LogP contribution in [0.25, 0.3) is 10.8 Å². The molecule has 0 aliphatic rings. The van der Waals surface area contributed by atoms with Crippen LogP contribution >= 0.6 is 11.8 Å². The van der Waals surface area contributed by atoms with E-state index in [0.717, 1.165) is 21.9 Å². The van der Waals surface area contributed by atoms with E-state index in [1.54, 1.807) is 12.4 Å². The second-order valence-electron chi connectivity index (χ2n) is 2.72. The average molecular weight is 188 g/mol. The number of anilines is 1. The molecule has 0 amide bonds. The highest BCUT2D eigenvalue weighted by Crippen LogP contribution is 2.20. The van der Waals surface area contributed by atoms with Gasteiger partial charge in [-0.05, 0) is 17.5 Å². The lowest BCUT2D eigenvalue weighted by atomic mass is 9.90. The van der Waals surface area contributed by atoms with Crippen molar-refractivity contribution in [3.8, 4) is 0 Å². The Hall–Kier alpha value is -1.22. The highest BCUT2D eigenvalue weighted by atomic mass is 35.5. The summed E-state index contributed by atoms with van der Waals surface area (Å²) in [5, 5.41) is 1.89. The fourth-order valence-corrected chi connectivity index (χ4v) is 1.46. The summed E-state index contributed by atoms with van der Waals surface area (Å²) in [5.41, 5.74) is 1.55. The van der Waals surface area contributed by atoms with E-state index < -0.39 is 0 Å². The number of benzene rings is 1. The van der Waals surface area contributed by atoms with Gasteiger partial charge in [-0.1, -0.05) is 11.5 Å². The molecular weight excluding hydrogens is 182 g/mol. The maximum Gasteiger partial charge on any atom is 0.114 e. The van der Waals surface area contributed by atoms with E-state index in [9.17, 15) is 0 Å². The Morgan fingerprint density at radius 1 is 1.23 bits per heavy atom. The van der Waals surface area contributed by atoms with Crippen LogP contribution < -0.4 is 10.3 Å². The number of aromatic nitrogens is 1. The number of pyridine rings is 1. The minimum atomic E-state index is 0.730. The van der Waals surface area contributed by atoms with Crippen LogP contribution in [0.5, 0.6) is 0 Å². The van der Waals surface area contributed by atoms with Crippen LogP contribution in [0.2, 0.25) is 0 Å². The zero-order chi connectivity index (χ0) is 9.26. The van der Waals surface area contributed by atoms with E-state index in [-0.39, 0.29) is 0 Å². The van der Waals surface area contributed by atoms with Gasteiger partial charge in [0, 0.05) is 29.6 Å². The molecule has 0 saturated heterocycles. The SMILES string of the molecule is [B]c1ccc(NCl)c2cnccc12. The normalized spacial score (nSPS) is 10.2. The molecule has 0 saturated carbocycles. The number of rotatable bonds is 1. The molecule has 0 unspecified atom stereocenters. The predicted octanol–water partition coefficient (Wildman–Crippen LogP) is 1.59. The molecule has 4 heteroatoms. The van der Waals surface area contributed by atoms with E-state index in [0.29, 0.717) is 0 Å². The van der Waals surface area contributed by atoms with Gasteiger partial charge in [0.1, 0.15) is 7.85 Å². The lowest BCUT2D eigenvalue weighted by Crippen LogP contribution is -2.04. The van der Waals surface area contributed by atoms with Gasteiger partial charge in [0.2, 0.25) is 0 Å². The highest BCUT2D eigenvalue weighted by molar-refractivity contribution is 6.39. The third-order valence-electron chi connectivity index (χ3n) is 1.95. The Balaban J connectivity index is 2.84. The van der Waals surface area contributed by atoms with E-state index >= 15 is 0 Å². The molecule has 0 aliphatic heterocycles. The largest absolute Gasteiger partial charge is 0.298 e. The molecule has 62 valence electrons. The fraction of sp³-hybridized carbons (Fsp3) is 0. The summed E-state index contributed by atoms with van der Waals surface area (Å²) in [6, 6.07) is 5.50. The molecule has 2 aromatic rings. The Morgan fingerprint density at radius 3 is 2.85 bits per heavy atom. The van der Waals surface area contributed by atoms with E-state index in [1.165, 1.54) is 0 Å². The molecule has 1 aromatic carbocycles. The van der Waals surface area contributed by atoms with Gasteiger partial charge in [-0.25, -0.2) is 0 Å². The molecule has 2 radical (unpaired) electrons. The summed E-state index contributed by atoms with van der Waals surface area (Å²) in [6.07, 6.45) is 3.44. The van der Waals surface area contributed by atoms with Gasteiger partial charge in [0.15, 0.2) is 0 Å². The molecule has 13 heavy (non-hydrogen) atoms. The molecular formula is C9H6BClN2. The zero-order valence-electron chi connectivity index (χ0n) is 6.79. The first-order chi connectivity index (χ1) is 6.33. The molecule has 0 aliphatic carbocycles. The van der Waals surface area contributed by atoms with Crippen molar-refractivity contribution in [2.24, 2.45) is 0 Å². The number of hydrogen-bond donors (Lipinski definition) is 1. The smallest absolute Gasteiger partial charge is 0.114 e. The molecule has 2 nitrogen and oxygen atoms in total. The second kappa shape index (κ2) is 3.26. The average Bonchev–Trinajstić information content (AvgIpc) is 2.19. The third kappa shape index (κ3) is 1.35. The van der Waals surface area contributed by atoms with Crippen LogP contribution in [0.3, 0.4) is 0 Å². The number of halogens is 1. The minimum Gasteiger partial charge on any atom is -0.298 e. The molecule has 1 aromatic heterocycles. The van der Waals surface area contributed by atoms with Crippen LogP contribution in [-0.4, -0.2) is 12.8 Å². The molecule has 0 atom stereocenters. The standard InChI is InChI=1S/C9H6BClN2/c10-8-1-2-9(13-11)7-5-12-4-3-6(7)8/h1-5,13H. The fourth-order valence-electron chi connectivity index (χ4n) is 1.30. The number of fused-ring (bicyclic) bond motifs is 1. The monoisotopic (exact) mass is 188 g/mol. The lowest BCUT2D eigenvalue weighted by molar-refractivity contribution is 1.37. The van der Waals surface area contributed by atoms with Gasteiger partial charge in [-0.2, -0.15) is 0 Å². The minimum absolute atomic E-state index is 0.730. The summed E-state index contributed by atoms with van der Waals surface area (Å²) in [7, 11) is 5.78. The van der Waals surface area contributed by atoms with Crippen LogP contribution in [0, 0.1) is 0 Å². The first-order valence-electron chi connectivity index (χ1n) is 3.82. The molecule has 0 bridgehead atoms. The topological polar surface area (TPSA) is 24.9 Å². The second-order valence-corrected chi connectivity index (χ2v) is 2.91. The third-order valence-corrected chi connectivity index (χ3v) is 2.16. The summed E-state index contributed by atoms with van der Waals surface area (Å²) >= 11 is 5.54. The van der Waals surface area contributed by atoms with Crippen molar-refractivity contribution in [1.82, 2.24) is 4.98 Å². The molecule has 2 rings (SSSR count). The quantitative estimate of drug-likeness (QED) is 0.543. The maximum absolute atomic E-state index is 5.78. The van der Waals surface area contributed by atoms with Gasteiger partial charge in [-0.15, -0.1) is 0 Å². The predicted molar refractivity (Wildman–Crippen MR) is 56.6 cm³/mol. The summed E-state index contributed by atoms with van der Waals surface area (Å²) in [4.78, 5) is 6.58. The van der Waals surface area contributed by atoms with Crippen molar-refractivity contribution in [2.75, 3.05) is 4.84 Å². The maximum atomic E-state index is 5.78. The van der Waals surface area contributed by atoms with Crippen LogP contribution in [-0.2, 0) is 0 Å². The van der Waals surface area contributed by atoms with Crippen molar-refractivity contribution in [3.63, 3.8) is 0 Å². The molecule has 0 fully saturated rings. The number of nitrogens with zero attached hydrogens (tertiary/aromatic N) is 1. The zero-order valence-corrected chi connectivity index (χ0v) is 7.55. The van der Waals surface area contributed by atoms with Crippen molar-refractivity contribution in [3.05, 3.63) is 30.6 Å². The number of hydrogen-bond acceptors (Lipinski definition) is 2. The van der Waals surface area contributed by atoms with Gasteiger partial charge in [0.05, 0.1) is 5.69 Å². The first kappa shape index (κ1) is 8.39. The van der Waals surface area contributed by atoms with Crippen molar-refractivity contribution in [1.29, 1.82) is 0 Å². The van der Waals surface area contributed by atoms with Gasteiger partial charge < -0.3 is 0 Å². The Kier molecular flexibility index (Phi) is 2.11. The van der Waals surface area contributed by atoms with Gasteiger partial charge >= 0.3 is 0 Å². The van der Waals surface area contributed by atoms with Crippen LogP contribution in [0.15, 0.2) is 30.6 Å². The van der Waals surface area contributed by atoms with Gasteiger partial charge in [0.25, 0.3) is 0 Å². The summed E-state index contributed by atoms with van der Waals surface area (Å²) in [5.74, 6) is 0. The Bertz CT molecular complexity index is 445.